The third-order valence-corrected chi connectivity index (χ3v) is 3.95. The number of ether oxygens (including phenoxy) is 2. The van der Waals surface area contributed by atoms with Crippen LogP contribution in [0.15, 0.2) is 18.2 Å². The second-order valence-corrected chi connectivity index (χ2v) is 6.04. The fraction of sp³-hybridized carbons (Fsp3) is 0.571. The van der Waals surface area contributed by atoms with E-state index in [1.54, 1.807) is 0 Å². The minimum atomic E-state index is -4.81. The van der Waals surface area contributed by atoms with Gasteiger partial charge in [0.2, 0.25) is 0 Å². The molecule has 0 aliphatic carbocycles. The Kier molecular flexibility index (Phi) is 4.12. The van der Waals surface area contributed by atoms with Crippen LogP contribution in [0.25, 0.3) is 0 Å². The number of methoxy groups -OCH3 is 1. The molecule has 1 aliphatic rings. The number of halogens is 3. The average molecular weight is 318 g/mol. The van der Waals surface area contributed by atoms with Gasteiger partial charge in [0.25, 0.3) is 0 Å². The van der Waals surface area contributed by atoms with Gasteiger partial charge < -0.3 is 18.8 Å². The fourth-order valence-electron chi connectivity index (χ4n) is 2.02. The molecule has 1 saturated heterocycles. The summed E-state index contributed by atoms with van der Waals surface area (Å²) in [6.45, 7) is 7.28. The summed E-state index contributed by atoms with van der Waals surface area (Å²) in [7, 11) is 0.412. The van der Waals surface area contributed by atoms with Crippen LogP contribution in [0, 0.1) is 0 Å². The monoisotopic (exact) mass is 318 g/mol. The summed E-state index contributed by atoms with van der Waals surface area (Å²) in [5.41, 5.74) is -1.16. The van der Waals surface area contributed by atoms with Gasteiger partial charge in [-0.25, -0.2) is 0 Å². The topological polar surface area (TPSA) is 36.9 Å². The standard InChI is InChI=1S/C14H18BF3O4/c1-12(2)13(3,4)22-15(21-12)10-7-6-9(19-5)8-11(10)20-14(16,17)18/h6-8H,1-5H3. The van der Waals surface area contributed by atoms with Gasteiger partial charge in [-0.15, -0.1) is 13.2 Å². The van der Waals surface area contributed by atoms with Gasteiger partial charge in [0, 0.05) is 11.5 Å². The van der Waals surface area contributed by atoms with E-state index in [4.69, 9.17) is 14.0 Å². The predicted octanol–water partition coefficient (Wildman–Crippen LogP) is 2.89. The minimum Gasteiger partial charge on any atom is -0.497 e. The molecule has 0 aromatic heterocycles. The normalized spacial score (nSPS) is 20.1. The lowest BCUT2D eigenvalue weighted by Gasteiger charge is -2.32. The van der Waals surface area contributed by atoms with Crippen LogP contribution >= 0.6 is 0 Å². The lowest BCUT2D eigenvalue weighted by Crippen LogP contribution is -2.41. The highest BCUT2D eigenvalue weighted by Gasteiger charge is 2.53. The first-order valence-electron chi connectivity index (χ1n) is 6.74. The molecule has 0 atom stereocenters. The number of benzene rings is 1. The molecule has 0 unspecified atom stereocenters. The third-order valence-electron chi connectivity index (χ3n) is 3.95. The smallest absolute Gasteiger partial charge is 0.497 e. The molecule has 4 nitrogen and oxygen atoms in total. The Morgan fingerprint density at radius 2 is 1.59 bits per heavy atom. The Hall–Kier alpha value is -1.41. The van der Waals surface area contributed by atoms with Crippen molar-refractivity contribution in [2.45, 2.75) is 45.3 Å². The van der Waals surface area contributed by atoms with Crippen molar-refractivity contribution in [2.24, 2.45) is 0 Å². The van der Waals surface area contributed by atoms with Crippen molar-refractivity contribution in [3.63, 3.8) is 0 Å². The van der Waals surface area contributed by atoms with Crippen molar-refractivity contribution < 1.29 is 32.0 Å². The summed E-state index contributed by atoms with van der Waals surface area (Å²) in [6.07, 6.45) is -4.81. The fourth-order valence-corrected chi connectivity index (χ4v) is 2.02. The Morgan fingerprint density at radius 1 is 1.05 bits per heavy atom. The summed E-state index contributed by atoms with van der Waals surface area (Å²) in [4.78, 5) is 0. The molecule has 0 radical (unpaired) electrons. The quantitative estimate of drug-likeness (QED) is 0.803. The lowest BCUT2D eigenvalue weighted by atomic mass is 9.78. The molecule has 1 aliphatic heterocycles. The molecule has 122 valence electrons. The van der Waals surface area contributed by atoms with Crippen molar-refractivity contribution >= 4 is 12.6 Å². The molecule has 0 N–H and O–H groups in total. The number of alkyl halides is 3. The highest BCUT2D eigenvalue weighted by atomic mass is 19.4. The van der Waals surface area contributed by atoms with Gasteiger partial charge >= 0.3 is 13.5 Å². The van der Waals surface area contributed by atoms with Crippen LogP contribution in [-0.2, 0) is 9.31 Å². The van der Waals surface area contributed by atoms with Crippen molar-refractivity contribution in [2.75, 3.05) is 7.11 Å². The average Bonchev–Trinajstić information content (AvgIpc) is 2.56. The Bertz CT molecular complexity index is 542. The summed E-state index contributed by atoms with van der Waals surface area (Å²) in [5.74, 6) is -0.148. The van der Waals surface area contributed by atoms with E-state index in [0.29, 0.717) is 0 Å². The molecule has 1 aromatic carbocycles. The highest BCUT2D eigenvalue weighted by molar-refractivity contribution is 6.63. The van der Waals surface area contributed by atoms with Gasteiger partial charge in [-0.05, 0) is 33.8 Å². The second kappa shape index (κ2) is 5.35. The maximum atomic E-state index is 12.6. The maximum absolute atomic E-state index is 12.6. The first-order valence-corrected chi connectivity index (χ1v) is 6.74. The molecule has 2 rings (SSSR count). The Balaban J connectivity index is 2.39. The second-order valence-electron chi connectivity index (χ2n) is 6.04. The zero-order valence-electron chi connectivity index (χ0n) is 13.1. The summed E-state index contributed by atoms with van der Waals surface area (Å²) in [6, 6.07) is 4.14. The molecule has 0 spiro atoms. The number of hydrogen-bond donors (Lipinski definition) is 0. The zero-order chi connectivity index (χ0) is 16.8. The van der Waals surface area contributed by atoms with Crippen LogP contribution in [0.3, 0.4) is 0 Å². The molecular weight excluding hydrogens is 300 g/mol. The van der Waals surface area contributed by atoms with Gasteiger partial charge in [0.05, 0.1) is 18.3 Å². The molecule has 8 heteroatoms. The van der Waals surface area contributed by atoms with E-state index >= 15 is 0 Å². The summed E-state index contributed by atoms with van der Waals surface area (Å²) >= 11 is 0. The lowest BCUT2D eigenvalue weighted by molar-refractivity contribution is -0.274. The predicted molar refractivity (Wildman–Crippen MR) is 75.4 cm³/mol. The van der Waals surface area contributed by atoms with Gasteiger partial charge in [-0.3, -0.25) is 0 Å². The van der Waals surface area contributed by atoms with E-state index in [1.807, 2.05) is 27.7 Å². The van der Waals surface area contributed by atoms with Crippen LogP contribution in [0.5, 0.6) is 11.5 Å². The van der Waals surface area contributed by atoms with Crippen molar-refractivity contribution in [3.05, 3.63) is 18.2 Å². The maximum Gasteiger partial charge on any atom is 0.573 e. The molecular formula is C14H18BF3O4. The summed E-state index contributed by atoms with van der Waals surface area (Å²) < 4.78 is 58.4. The van der Waals surface area contributed by atoms with Crippen LogP contribution in [0.4, 0.5) is 13.2 Å². The Labute approximate surface area is 127 Å². The van der Waals surface area contributed by atoms with Gasteiger partial charge in [0.1, 0.15) is 11.5 Å². The van der Waals surface area contributed by atoms with E-state index in [2.05, 4.69) is 4.74 Å². The molecule has 1 heterocycles. The molecule has 1 fully saturated rings. The van der Waals surface area contributed by atoms with Crippen LogP contribution in [0.2, 0.25) is 0 Å². The van der Waals surface area contributed by atoms with Gasteiger partial charge in [-0.2, -0.15) is 0 Å². The van der Waals surface area contributed by atoms with E-state index in [-0.39, 0.29) is 11.2 Å². The first kappa shape index (κ1) is 17.0. The van der Waals surface area contributed by atoms with Gasteiger partial charge in [0.15, 0.2) is 0 Å². The van der Waals surface area contributed by atoms with E-state index in [0.717, 1.165) is 6.07 Å². The summed E-state index contributed by atoms with van der Waals surface area (Å²) in [5, 5.41) is 0. The number of rotatable bonds is 3. The van der Waals surface area contributed by atoms with Crippen molar-refractivity contribution in [1.29, 1.82) is 0 Å². The third kappa shape index (κ3) is 3.33. The van der Waals surface area contributed by atoms with Crippen molar-refractivity contribution in [3.8, 4) is 11.5 Å². The first-order chi connectivity index (χ1) is 9.95. The molecule has 22 heavy (non-hydrogen) atoms. The van der Waals surface area contributed by atoms with Crippen LogP contribution in [0.1, 0.15) is 27.7 Å². The minimum absolute atomic E-state index is 0.164. The molecule has 1 aromatic rings. The molecule has 0 bridgehead atoms. The van der Waals surface area contributed by atoms with Crippen LogP contribution < -0.4 is 14.9 Å². The molecule has 0 amide bonds. The largest absolute Gasteiger partial charge is 0.573 e. The van der Waals surface area contributed by atoms with Crippen LogP contribution in [-0.4, -0.2) is 31.8 Å². The van der Waals surface area contributed by atoms with Gasteiger partial charge in [-0.1, -0.05) is 6.07 Å². The highest BCUT2D eigenvalue weighted by Crippen LogP contribution is 2.38. The zero-order valence-corrected chi connectivity index (χ0v) is 13.1. The van der Waals surface area contributed by atoms with E-state index in [1.165, 1.54) is 19.2 Å². The molecule has 0 saturated carbocycles. The number of hydrogen-bond acceptors (Lipinski definition) is 4. The van der Waals surface area contributed by atoms with Crippen molar-refractivity contribution in [1.82, 2.24) is 0 Å². The SMILES string of the molecule is COc1ccc(B2OC(C)(C)C(C)(C)O2)c(OC(F)(F)F)c1. The van der Waals surface area contributed by atoms with E-state index in [9.17, 15) is 13.2 Å². The Morgan fingerprint density at radius 3 is 2.05 bits per heavy atom. The van der Waals surface area contributed by atoms with E-state index < -0.39 is 30.4 Å².